The van der Waals surface area contributed by atoms with E-state index in [-0.39, 0.29) is 11.5 Å². The molecule has 0 aliphatic rings. The number of amides is 1. The van der Waals surface area contributed by atoms with Crippen molar-refractivity contribution in [3.05, 3.63) is 81.7 Å². The Morgan fingerprint density at radius 2 is 1.83 bits per heavy atom. The molecule has 0 spiro atoms. The summed E-state index contributed by atoms with van der Waals surface area (Å²) in [5.41, 5.74) is 3.48. The maximum Gasteiger partial charge on any atom is 0.251 e. The Morgan fingerprint density at radius 3 is 2.58 bits per heavy atom. The lowest BCUT2D eigenvalue weighted by Crippen LogP contribution is -2.13. The van der Waals surface area contributed by atoms with Crippen LogP contribution in [-0.2, 0) is 4.79 Å². The summed E-state index contributed by atoms with van der Waals surface area (Å²) in [7, 11) is 0. The summed E-state index contributed by atoms with van der Waals surface area (Å²) in [6.45, 7) is 3.54. The van der Waals surface area contributed by atoms with E-state index in [0.717, 1.165) is 10.9 Å². The number of pyridine rings is 1. The number of aromatic nitrogens is 1. The van der Waals surface area contributed by atoms with Crippen molar-refractivity contribution in [2.75, 3.05) is 5.32 Å². The molecule has 0 radical (unpaired) electrons. The summed E-state index contributed by atoms with van der Waals surface area (Å²) in [5, 5.41) is 3.79. The minimum absolute atomic E-state index is 0.119. The number of carbonyl (C=O) groups is 1. The lowest BCUT2D eigenvalue weighted by atomic mass is 10.1. The van der Waals surface area contributed by atoms with Crippen LogP contribution >= 0.6 is 0 Å². The first-order valence-electron chi connectivity index (χ1n) is 7.71. The van der Waals surface area contributed by atoms with Crippen LogP contribution in [0.3, 0.4) is 0 Å². The molecule has 0 bridgehead atoms. The Kier molecular flexibility index (Phi) is 4.29. The van der Waals surface area contributed by atoms with Gasteiger partial charge in [0.25, 0.3) is 11.5 Å². The molecule has 24 heavy (non-hydrogen) atoms. The van der Waals surface area contributed by atoms with Crippen LogP contribution in [0.15, 0.2) is 65.0 Å². The first-order chi connectivity index (χ1) is 11.5. The van der Waals surface area contributed by atoms with Crippen molar-refractivity contribution in [2.45, 2.75) is 13.8 Å². The molecule has 1 amide bonds. The van der Waals surface area contributed by atoms with Crippen molar-refractivity contribution in [3.8, 4) is 0 Å². The Bertz CT molecular complexity index is 985. The molecule has 1 heterocycles. The first-order valence-corrected chi connectivity index (χ1v) is 7.71. The lowest BCUT2D eigenvalue weighted by Gasteiger charge is -2.07. The topological polar surface area (TPSA) is 62.0 Å². The van der Waals surface area contributed by atoms with Crippen LogP contribution in [0.4, 0.5) is 5.69 Å². The fraction of sp³-hybridized carbons (Fsp3) is 0.100. The summed E-state index contributed by atoms with van der Waals surface area (Å²) < 4.78 is 0. The van der Waals surface area contributed by atoms with E-state index in [9.17, 15) is 9.59 Å². The largest absolute Gasteiger partial charge is 0.322 e. The van der Waals surface area contributed by atoms with Crippen molar-refractivity contribution in [1.82, 2.24) is 4.98 Å². The Morgan fingerprint density at radius 1 is 1.08 bits per heavy atom. The summed E-state index contributed by atoms with van der Waals surface area (Å²) in [4.78, 5) is 26.9. The second-order valence-corrected chi connectivity index (χ2v) is 5.78. The smallest absolute Gasteiger partial charge is 0.251 e. The molecule has 0 aliphatic heterocycles. The average molecular weight is 318 g/mol. The third-order valence-electron chi connectivity index (χ3n) is 3.83. The SMILES string of the molecule is C/C(=C\c1ccccc1)C(=O)Nc1ccc2cc(C)c(=O)[nH]c2c1. The lowest BCUT2D eigenvalue weighted by molar-refractivity contribution is -0.112. The van der Waals surface area contributed by atoms with Crippen molar-refractivity contribution >= 4 is 28.6 Å². The molecule has 1 aromatic heterocycles. The number of nitrogens with one attached hydrogen (secondary N) is 2. The van der Waals surface area contributed by atoms with Crippen LogP contribution in [0, 0.1) is 6.92 Å². The van der Waals surface area contributed by atoms with Crippen LogP contribution in [0.1, 0.15) is 18.1 Å². The van der Waals surface area contributed by atoms with E-state index in [1.807, 2.05) is 54.6 Å². The molecule has 2 aromatic carbocycles. The zero-order valence-electron chi connectivity index (χ0n) is 13.6. The molecule has 0 aliphatic carbocycles. The molecule has 4 heteroatoms. The second kappa shape index (κ2) is 6.54. The van der Waals surface area contributed by atoms with E-state index in [0.29, 0.717) is 22.3 Å². The molecule has 0 unspecified atom stereocenters. The summed E-state index contributed by atoms with van der Waals surface area (Å²) in [6.07, 6.45) is 1.83. The van der Waals surface area contributed by atoms with E-state index >= 15 is 0 Å². The Labute approximate surface area is 139 Å². The van der Waals surface area contributed by atoms with Crippen molar-refractivity contribution in [2.24, 2.45) is 0 Å². The van der Waals surface area contributed by atoms with Crippen LogP contribution in [0.2, 0.25) is 0 Å². The highest BCUT2D eigenvalue weighted by Crippen LogP contribution is 2.18. The monoisotopic (exact) mass is 318 g/mol. The van der Waals surface area contributed by atoms with Gasteiger partial charge in [-0.25, -0.2) is 0 Å². The number of benzene rings is 2. The average Bonchev–Trinajstić information content (AvgIpc) is 2.57. The van der Waals surface area contributed by atoms with Crippen molar-refractivity contribution in [1.29, 1.82) is 0 Å². The van der Waals surface area contributed by atoms with E-state index in [2.05, 4.69) is 10.3 Å². The van der Waals surface area contributed by atoms with Crippen molar-refractivity contribution < 1.29 is 4.79 Å². The molecule has 3 rings (SSSR count). The quantitative estimate of drug-likeness (QED) is 0.720. The van der Waals surface area contributed by atoms with Gasteiger partial charge in [-0.2, -0.15) is 0 Å². The van der Waals surface area contributed by atoms with Gasteiger partial charge in [-0.05, 0) is 49.1 Å². The van der Waals surface area contributed by atoms with Crippen LogP contribution in [0.5, 0.6) is 0 Å². The minimum Gasteiger partial charge on any atom is -0.322 e. The first kappa shape index (κ1) is 15.7. The minimum atomic E-state index is -0.173. The second-order valence-electron chi connectivity index (χ2n) is 5.78. The molecule has 0 atom stereocenters. The zero-order valence-corrected chi connectivity index (χ0v) is 13.6. The van der Waals surface area contributed by atoms with Crippen molar-refractivity contribution in [3.63, 3.8) is 0 Å². The molecule has 120 valence electrons. The van der Waals surface area contributed by atoms with Gasteiger partial charge in [-0.3, -0.25) is 9.59 Å². The summed E-state index contributed by atoms with van der Waals surface area (Å²) in [6, 6.07) is 17.0. The number of rotatable bonds is 3. The number of aromatic amines is 1. The number of hydrogen-bond donors (Lipinski definition) is 2. The molecule has 0 saturated heterocycles. The van der Waals surface area contributed by atoms with Gasteiger partial charge in [0, 0.05) is 16.8 Å². The fourth-order valence-electron chi connectivity index (χ4n) is 2.48. The number of carbonyl (C=O) groups excluding carboxylic acids is 1. The molecular weight excluding hydrogens is 300 g/mol. The standard InChI is InChI=1S/C20H18N2O2/c1-13(10-15-6-4-3-5-7-15)19(23)21-17-9-8-16-11-14(2)20(24)22-18(16)12-17/h3-12H,1-2H3,(H,21,23)(H,22,24)/b13-10+. The van der Waals surface area contributed by atoms with Crippen LogP contribution in [0.25, 0.3) is 17.0 Å². The number of aryl methyl sites for hydroxylation is 1. The fourth-order valence-corrected chi connectivity index (χ4v) is 2.48. The molecule has 2 N–H and O–H groups in total. The highest BCUT2D eigenvalue weighted by Gasteiger charge is 2.06. The van der Waals surface area contributed by atoms with E-state index < -0.39 is 0 Å². The predicted molar refractivity (Wildman–Crippen MR) is 98.0 cm³/mol. The van der Waals surface area contributed by atoms with E-state index in [4.69, 9.17) is 0 Å². The van der Waals surface area contributed by atoms with Gasteiger partial charge in [0.15, 0.2) is 0 Å². The number of fused-ring (bicyclic) bond motifs is 1. The Balaban J connectivity index is 1.84. The highest BCUT2D eigenvalue weighted by molar-refractivity contribution is 6.06. The summed E-state index contributed by atoms with van der Waals surface area (Å²) >= 11 is 0. The Hall–Kier alpha value is -3.14. The van der Waals surface area contributed by atoms with Crippen LogP contribution in [-0.4, -0.2) is 10.9 Å². The van der Waals surface area contributed by atoms with Gasteiger partial charge in [0.1, 0.15) is 0 Å². The predicted octanol–water partition coefficient (Wildman–Crippen LogP) is 3.88. The maximum absolute atomic E-state index is 12.3. The normalized spacial score (nSPS) is 11.5. The molecule has 3 aromatic rings. The highest BCUT2D eigenvalue weighted by atomic mass is 16.1. The molecular formula is C20H18N2O2. The molecule has 4 nitrogen and oxygen atoms in total. The van der Waals surface area contributed by atoms with E-state index in [1.54, 1.807) is 19.9 Å². The van der Waals surface area contributed by atoms with Gasteiger partial charge in [-0.15, -0.1) is 0 Å². The number of hydrogen-bond acceptors (Lipinski definition) is 2. The maximum atomic E-state index is 12.3. The van der Waals surface area contributed by atoms with Gasteiger partial charge in [-0.1, -0.05) is 36.4 Å². The van der Waals surface area contributed by atoms with Crippen LogP contribution < -0.4 is 10.9 Å². The van der Waals surface area contributed by atoms with Gasteiger partial charge in [0.05, 0.1) is 5.52 Å². The van der Waals surface area contributed by atoms with Gasteiger partial charge >= 0.3 is 0 Å². The van der Waals surface area contributed by atoms with Gasteiger partial charge in [0.2, 0.25) is 0 Å². The molecule has 0 fully saturated rings. The van der Waals surface area contributed by atoms with Gasteiger partial charge < -0.3 is 10.3 Å². The zero-order chi connectivity index (χ0) is 17.1. The third kappa shape index (κ3) is 3.43. The number of anilines is 1. The third-order valence-corrected chi connectivity index (χ3v) is 3.83. The number of H-pyrrole nitrogens is 1. The summed E-state index contributed by atoms with van der Waals surface area (Å²) in [5.74, 6) is -0.173. The van der Waals surface area contributed by atoms with E-state index in [1.165, 1.54) is 0 Å². The molecule has 0 saturated carbocycles.